The molecule has 2 N–H and O–H groups in total. The fourth-order valence-electron chi connectivity index (χ4n) is 2.30. The van der Waals surface area contributed by atoms with Crippen LogP contribution in [0.1, 0.15) is 54.9 Å². The molecule has 122 valence electrons. The third-order valence-electron chi connectivity index (χ3n) is 3.60. The van der Waals surface area contributed by atoms with Crippen molar-refractivity contribution in [2.75, 3.05) is 5.75 Å². The molecule has 0 bridgehead atoms. The van der Waals surface area contributed by atoms with Crippen molar-refractivity contribution < 1.29 is 14.7 Å². The molecule has 0 aliphatic heterocycles. The molecule has 0 saturated heterocycles. The van der Waals surface area contributed by atoms with Crippen molar-refractivity contribution in [3.63, 3.8) is 0 Å². The normalized spacial score (nSPS) is 11.9. The van der Waals surface area contributed by atoms with Crippen LogP contribution in [0.3, 0.4) is 0 Å². The van der Waals surface area contributed by atoms with Crippen molar-refractivity contribution in [3.05, 3.63) is 35.4 Å². The van der Waals surface area contributed by atoms with Gasteiger partial charge in [-0.3, -0.25) is 4.79 Å². The highest BCUT2D eigenvalue weighted by Gasteiger charge is 2.20. The Morgan fingerprint density at radius 1 is 1.18 bits per heavy atom. The van der Waals surface area contributed by atoms with E-state index in [4.69, 9.17) is 5.11 Å². The lowest BCUT2D eigenvalue weighted by Crippen LogP contribution is -2.42. The van der Waals surface area contributed by atoms with Gasteiger partial charge < -0.3 is 10.4 Å². The van der Waals surface area contributed by atoms with Gasteiger partial charge >= 0.3 is 5.97 Å². The maximum atomic E-state index is 12.3. The van der Waals surface area contributed by atoms with Crippen molar-refractivity contribution in [2.45, 2.75) is 51.5 Å². The van der Waals surface area contributed by atoms with E-state index in [1.165, 1.54) is 19.3 Å². The van der Waals surface area contributed by atoms with Crippen LogP contribution in [-0.4, -0.2) is 28.8 Å². The summed E-state index contributed by atoms with van der Waals surface area (Å²) in [5.74, 6) is -1.34. The minimum absolute atomic E-state index is 0.0697. The van der Waals surface area contributed by atoms with E-state index >= 15 is 0 Å². The van der Waals surface area contributed by atoms with Crippen LogP contribution >= 0.6 is 12.6 Å². The Bertz CT molecular complexity index is 491. The Morgan fingerprint density at radius 2 is 1.86 bits per heavy atom. The molecule has 0 heterocycles. The number of nitrogens with one attached hydrogen (secondary N) is 1. The predicted molar refractivity (Wildman–Crippen MR) is 91.6 cm³/mol. The SMILES string of the molecule is CCCCCCCc1ccccc1C(=O)N[C@@H](CS)C(=O)O. The molecule has 0 spiro atoms. The summed E-state index contributed by atoms with van der Waals surface area (Å²) in [6, 6.07) is 6.42. The largest absolute Gasteiger partial charge is 0.480 e. The number of carboxylic acid groups (broad SMARTS) is 1. The minimum Gasteiger partial charge on any atom is -0.480 e. The van der Waals surface area contributed by atoms with Gasteiger partial charge in [0.2, 0.25) is 0 Å². The van der Waals surface area contributed by atoms with Gasteiger partial charge in [0, 0.05) is 11.3 Å². The van der Waals surface area contributed by atoms with E-state index in [0.717, 1.165) is 24.8 Å². The van der Waals surface area contributed by atoms with Gasteiger partial charge in [-0.1, -0.05) is 50.8 Å². The van der Waals surface area contributed by atoms with E-state index < -0.39 is 12.0 Å². The lowest BCUT2D eigenvalue weighted by atomic mass is 10.00. The molecular formula is C17H25NO3S. The quantitative estimate of drug-likeness (QED) is 0.457. The van der Waals surface area contributed by atoms with Crippen molar-refractivity contribution in [1.29, 1.82) is 0 Å². The summed E-state index contributed by atoms with van der Waals surface area (Å²) in [5, 5.41) is 11.5. The number of hydrogen-bond donors (Lipinski definition) is 3. The fourth-order valence-corrected chi connectivity index (χ4v) is 2.55. The van der Waals surface area contributed by atoms with Gasteiger partial charge in [0.05, 0.1) is 0 Å². The molecule has 0 radical (unpaired) electrons. The van der Waals surface area contributed by atoms with Crippen LogP contribution in [0.2, 0.25) is 0 Å². The summed E-state index contributed by atoms with van der Waals surface area (Å²) in [6.45, 7) is 2.18. The van der Waals surface area contributed by atoms with Crippen LogP contribution in [0, 0.1) is 0 Å². The highest BCUT2D eigenvalue weighted by molar-refractivity contribution is 7.80. The van der Waals surface area contributed by atoms with Gasteiger partial charge in [0.15, 0.2) is 0 Å². The monoisotopic (exact) mass is 323 g/mol. The number of amides is 1. The first-order valence-electron chi connectivity index (χ1n) is 7.82. The van der Waals surface area contributed by atoms with Gasteiger partial charge in [0.25, 0.3) is 5.91 Å². The number of carboxylic acids is 1. The summed E-state index contributed by atoms with van der Waals surface area (Å²) in [5.41, 5.74) is 1.53. The van der Waals surface area contributed by atoms with Crippen LogP contribution < -0.4 is 5.32 Å². The number of rotatable bonds is 10. The molecule has 1 rings (SSSR count). The number of thiol groups is 1. The number of hydrogen-bond acceptors (Lipinski definition) is 3. The molecule has 0 fully saturated rings. The first-order chi connectivity index (χ1) is 10.6. The highest BCUT2D eigenvalue weighted by Crippen LogP contribution is 2.14. The Hall–Kier alpha value is -1.49. The molecule has 5 heteroatoms. The molecule has 0 unspecified atom stereocenters. The van der Waals surface area contributed by atoms with Gasteiger partial charge in [-0.05, 0) is 24.5 Å². The maximum Gasteiger partial charge on any atom is 0.327 e. The second kappa shape index (κ2) is 10.3. The topological polar surface area (TPSA) is 66.4 Å². The third kappa shape index (κ3) is 6.10. The van der Waals surface area contributed by atoms with E-state index in [0.29, 0.717) is 5.56 Å². The van der Waals surface area contributed by atoms with Crippen molar-refractivity contribution in [1.82, 2.24) is 5.32 Å². The van der Waals surface area contributed by atoms with Crippen LogP contribution in [0.4, 0.5) is 0 Å². The van der Waals surface area contributed by atoms with Crippen molar-refractivity contribution in [2.24, 2.45) is 0 Å². The average molecular weight is 323 g/mol. The molecule has 4 nitrogen and oxygen atoms in total. The molecule has 0 aromatic heterocycles. The minimum atomic E-state index is -1.07. The molecule has 1 atom stereocenters. The number of carbonyl (C=O) groups excluding carboxylic acids is 1. The van der Waals surface area contributed by atoms with Crippen LogP contribution in [0.15, 0.2) is 24.3 Å². The van der Waals surface area contributed by atoms with E-state index in [-0.39, 0.29) is 11.7 Å². The summed E-state index contributed by atoms with van der Waals surface area (Å²) >= 11 is 3.96. The second-order valence-corrected chi connectivity index (χ2v) is 5.73. The Balaban J connectivity index is 2.65. The number of aliphatic carboxylic acids is 1. The third-order valence-corrected chi connectivity index (χ3v) is 3.96. The van der Waals surface area contributed by atoms with E-state index in [9.17, 15) is 9.59 Å². The summed E-state index contributed by atoms with van der Waals surface area (Å²) < 4.78 is 0. The van der Waals surface area contributed by atoms with Crippen LogP contribution in [0.5, 0.6) is 0 Å². The van der Waals surface area contributed by atoms with E-state index in [1.807, 2.05) is 12.1 Å². The fraction of sp³-hybridized carbons (Fsp3) is 0.529. The first-order valence-corrected chi connectivity index (χ1v) is 8.45. The van der Waals surface area contributed by atoms with Gasteiger partial charge in [-0.2, -0.15) is 12.6 Å². The maximum absolute atomic E-state index is 12.3. The Morgan fingerprint density at radius 3 is 2.50 bits per heavy atom. The Labute approximate surface area is 137 Å². The molecule has 0 aliphatic carbocycles. The standard InChI is InChI=1S/C17H25NO3S/c1-2-3-4-5-6-9-13-10-7-8-11-14(13)16(19)18-15(12-22)17(20)21/h7-8,10-11,15,22H,2-6,9,12H2,1H3,(H,18,19)(H,20,21)/t15-/m0/s1. The lowest BCUT2D eigenvalue weighted by molar-refractivity contribution is -0.138. The second-order valence-electron chi connectivity index (χ2n) is 5.37. The Kier molecular flexibility index (Phi) is 8.67. The van der Waals surface area contributed by atoms with Gasteiger partial charge in [0.1, 0.15) is 6.04 Å². The molecular weight excluding hydrogens is 298 g/mol. The summed E-state index contributed by atoms with van der Waals surface area (Å²) in [4.78, 5) is 23.3. The van der Waals surface area contributed by atoms with E-state index in [1.54, 1.807) is 12.1 Å². The summed E-state index contributed by atoms with van der Waals surface area (Å²) in [6.07, 6.45) is 6.69. The molecule has 0 saturated carbocycles. The van der Waals surface area contributed by atoms with Crippen LogP contribution in [0.25, 0.3) is 0 Å². The number of unbranched alkanes of at least 4 members (excludes halogenated alkanes) is 4. The number of aryl methyl sites for hydroxylation is 1. The van der Waals surface area contributed by atoms with Gasteiger partial charge in [-0.25, -0.2) is 4.79 Å². The zero-order chi connectivity index (χ0) is 16.4. The zero-order valence-corrected chi connectivity index (χ0v) is 13.9. The van der Waals surface area contributed by atoms with Crippen molar-refractivity contribution in [3.8, 4) is 0 Å². The van der Waals surface area contributed by atoms with Crippen molar-refractivity contribution >= 4 is 24.5 Å². The summed E-state index contributed by atoms with van der Waals surface area (Å²) in [7, 11) is 0. The smallest absolute Gasteiger partial charge is 0.327 e. The predicted octanol–water partition coefficient (Wildman–Crippen LogP) is 3.31. The zero-order valence-electron chi connectivity index (χ0n) is 13.0. The number of carbonyl (C=O) groups is 2. The van der Waals surface area contributed by atoms with Gasteiger partial charge in [-0.15, -0.1) is 0 Å². The molecule has 0 aliphatic rings. The molecule has 22 heavy (non-hydrogen) atoms. The number of benzene rings is 1. The first kappa shape index (κ1) is 18.6. The van der Waals surface area contributed by atoms with E-state index in [2.05, 4.69) is 24.9 Å². The highest BCUT2D eigenvalue weighted by atomic mass is 32.1. The molecule has 1 aromatic carbocycles. The van der Waals surface area contributed by atoms with Crippen LogP contribution in [-0.2, 0) is 11.2 Å². The molecule has 1 aromatic rings. The lowest BCUT2D eigenvalue weighted by Gasteiger charge is -2.14. The average Bonchev–Trinajstić information content (AvgIpc) is 2.52. The molecule has 1 amide bonds.